The van der Waals surface area contributed by atoms with Crippen LogP contribution in [-0.4, -0.2) is 11.1 Å². The van der Waals surface area contributed by atoms with E-state index in [9.17, 15) is 9.18 Å². The zero-order valence-electron chi connectivity index (χ0n) is 9.17. The quantitative estimate of drug-likeness (QED) is 0.832. The summed E-state index contributed by atoms with van der Waals surface area (Å²) in [5.41, 5.74) is 0.462. The molecule has 0 bridgehead atoms. The van der Waals surface area contributed by atoms with E-state index in [1.165, 1.54) is 6.07 Å². The van der Waals surface area contributed by atoms with Gasteiger partial charge in [-0.05, 0) is 38.8 Å². The first-order chi connectivity index (χ1) is 6.83. The number of carboxylic acids is 1. The molecule has 2 nitrogen and oxygen atoms in total. The van der Waals surface area contributed by atoms with Gasteiger partial charge in [0.15, 0.2) is 0 Å². The summed E-state index contributed by atoms with van der Waals surface area (Å²) in [5, 5.41) is 8.94. The second kappa shape index (κ2) is 4.01. The number of aliphatic carboxylic acids is 1. The fraction of sp³-hybridized carbons (Fsp3) is 0.417. The monoisotopic (exact) mass is 210 g/mol. The number of halogens is 1. The molecule has 1 aromatic rings. The van der Waals surface area contributed by atoms with Crippen molar-refractivity contribution in [3.63, 3.8) is 0 Å². The number of hydrogen-bond acceptors (Lipinski definition) is 1. The van der Waals surface area contributed by atoms with Gasteiger partial charge in [0.2, 0.25) is 0 Å². The van der Waals surface area contributed by atoms with Crippen LogP contribution in [0.1, 0.15) is 25.0 Å². The fourth-order valence-corrected chi connectivity index (χ4v) is 1.39. The third-order valence-electron chi connectivity index (χ3n) is 2.41. The molecule has 82 valence electrons. The largest absolute Gasteiger partial charge is 0.481 e. The van der Waals surface area contributed by atoms with Crippen LogP contribution in [-0.2, 0) is 11.2 Å². The molecule has 0 atom stereocenters. The molecule has 1 aromatic carbocycles. The first-order valence-electron chi connectivity index (χ1n) is 4.81. The van der Waals surface area contributed by atoms with Crippen molar-refractivity contribution in [3.05, 3.63) is 35.1 Å². The van der Waals surface area contributed by atoms with Gasteiger partial charge in [-0.2, -0.15) is 0 Å². The summed E-state index contributed by atoms with van der Waals surface area (Å²) in [4.78, 5) is 10.9. The predicted octanol–water partition coefficient (Wildman–Crippen LogP) is 2.79. The van der Waals surface area contributed by atoms with E-state index in [4.69, 9.17) is 5.11 Å². The Morgan fingerprint density at radius 3 is 2.60 bits per heavy atom. The van der Waals surface area contributed by atoms with Crippen LogP contribution in [0.25, 0.3) is 0 Å². The van der Waals surface area contributed by atoms with Gasteiger partial charge in [-0.15, -0.1) is 0 Å². The van der Waals surface area contributed by atoms with Crippen molar-refractivity contribution in [3.8, 4) is 0 Å². The summed E-state index contributed by atoms with van der Waals surface area (Å²) in [6, 6.07) is 4.75. The summed E-state index contributed by atoms with van der Waals surface area (Å²) in [7, 11) is 0. The SMILES string of the molecule is Cc1ccc(F)c(CC(C)(C)C(=O)O)c1. The smallest absolute Gasteiger partial charge is 0.309 e. The van der Waals surface area contributed by atoms with E-state index >= 15 is 0 Å². The predicted molar refractivity (Wildman–Crippen MR) is 56.3 cm³/mol. The maximum atomic E-state index is 13.4. The molecule has 0 spiro atoms. The maximum Gasteiger partial charge on any atom is 0.309 e. The Bertz CT molecular complexity index is 383. The molecule has 0 amide bonds. The summed E-state index contributed by atoms with van der Waals surface area (Å²) < 4.78 is 13.4. The lowest BCUT2D eigenvalue weighted by Crippen LogP contribution is -2.26. The summed E-state index contributed by atoms with van der Waals surface area (Å²) >= 11 is 0. The van der Waals surface area contributed by atoms with E-state index in [1.54, 1.807) is 26.0 Å². The number of carboxylic acid groups (broad SMARTS) is 1. The molecule has 0 aliphatic carbocycles. The van der Waals surface area contributed by atoms with Crippen molar-refractivity contribution in [2.75, 3.05) is 0 Å². The Morgan fingerprint density at radius 1 is 1.47 bits per heavy atom. The molecule has 0 unspecified atom stereocenters. The molecule has 0 heterocycles. The van der Waals surface area contributed by atoms with Gasteiger partial charge < -0.3 is 5.11 Å². The van der Waals surface area contributed by atoms with Crippen molar-refractivity contribution < 1.29 is 14.3 Å². The molecule has 0 saturated carbocycles. The number of benzene rings is 1. The maximum absolute atomic E-state index is 13.4. The highest BCUT2D eigenvalue weighted by Gasteiger charge is 2.28. The van der Waals surface area contributed by atoms with Crippen LogP contribution >= 0.6 is 0 Å². The Labute approximate surface area is 88.7 Å². The zero-order valence-corrected chi connectivity index (χ0v) is 9.17. The van der Waals surface area contributed by atoms with Gasteiger partial charge in [-0.25, -0.2) is 4.39 Å². The van der Waals surface area contributed by atoms with Crippen molar-refractivity contribution in [1.29, 1.82) is 0 Å². The molecule has 0 aliphatic heterocycles. The minimum absolute atomic E-state index is 0.204. The lowest BCUT2D eigenvalue weighted by molar-refractivity contribution is -0.146. The normalized spacial score (nSPS) is 11.5. The lowest BCUT2D eigenvalue weighted by atomic mass is 9.85. The van der Waals surface area contributed by atoms with Gasteiger partial charge in [0.05, 0.1) is 5.41 Å². The van der Waals surface area contributed by atoms with E-state index < -0.39 is 11.4 Å². The number of hydrogen-bond donors (Lipinski definition) is 1. The zero-order chi connectivity index (χ0) is 11.6. The Kier molecular flexibility index (Phi) is 3.12. The standard InChI is InChI=1S/C12H15FO2/c1-8-4-5-10(13)9(6-8)7-12(2,3)11(14)15/h4-6H,7H2,1-3H3,(H,14,15). The van der Waals surface area contributed by atoms with Crippen molar-refractivity contribution in [2.24, 2.45) is 5.41 Å². The van der Waals surface area contributed by atoms with E-state index in [0.29, 0.717) is 5.56 Å². The van der Waals surface area contributed by atoms with Crippen molar-refractivity contribution in [1.82, 2.24) is 0 Å². The Morgan fingerprint density at radius 2 is 2.07 bits per heavy atom. The molecule has 0 aliphatic rings. The van der Waals surface area contributed by atoms with Crippen molar-refractivity contribution in [2.45, 2.75) is 27.2 Å². The van der Waals surface area contributed by atoms with Gasteiger partial charge in [-0.1, -0.05) is 17.7 Å². The highest BCUT2D eigenvalue weighted by atomic mass is 19.1. The van der Waals surface area contributed by atoms with Gasteiger partial charge in [0.25, 0.3) is 0 Å². The highest BCUT2D eigenvalue weighted by molar-refractivity contribution is 5.74. The molecular formula is C12H15FO2. The molecular weight excluding hydrogens is 195 g/mol. The molecule has 0 aromatic heterocycles. The average molecular weight is 210 g/mol. The van der Waals surface area contributed by atoms with Crippen LogP contribution in [0.4, 0.5) is 4.39 Å². The van der Waals surface area contributed by atoms with Crippen LogP contribution in [0.3, 0.4) is 0 Å². The molecule has 0 saturated heterocycles. The molecule has 0 radical (unpaired) electrons. The first kappa shape index (κ1) is 11.7. The van der Waals surface area contributed by atoms with Gasteiger partial charge >= 0.3 is 5.97 Å². The second-order valence-electron chi connectivity index (χ2n) is 4.46. The minimum Gasteiger partial charge on any atom is -0.481 e. The van der Waals surface area contributed by atoms with Crippen molar-refractivity contribution >= 4 is 5.97 Å². The highest BCUT2D eigenvalue weighted by Crippen LogP contribution is 2.24. The topological polar surface area (TPSA) is 37.3 Å². The van der Waals surface area contributed by atoms with Crippen LogP contribution in [0.2, 0.25) is 0 Å². The summed E-state index contributed by atoms with van der Waals surface area (Å²) in [6.07, 6.45) is 0.204. The van der Waals surface area contributed by atoms with E-state index in [2.05, 4.69) is 0 Å². The third-order valence-corrected chi connectivity index (χ3v) is 2.41. The average Bonchev–Trinajstić information content (AvgIpc) is 2.10. The molecule has 1 rings (SSSR count). The summed E-state index contributed by atoms with van der Waals surface area (Å²) in [6.45, 7) is 5.05. The fourth-order valence-electron chi connectivity index (χ4n) is 1.39. The number of aryl methyl sites for hydroxylation is 1. The lowest BCUT2D eigenvalue weighted by Gasteiger charge is -2.19. The van der Waals surface area contributed by atoms with Crippen LogP contribution in [0.15, 0.2) is 18.2 Å². The van der Waals surface area contributed by atoms with Crippen LogP contribution in [0.5, 0.6) is 0 Å². The Balaban J connectivity index is 2.99. The molecule has 1 N–H and O–H groups in total. The molecule has 3 heteroatoms. The van der Waals surface area contributed by atoms with E-state index in [-0.39, 0.29) is 12.2 Å². The summed E-state index contributed by atoms with van der Waals surface area (Å²) in [5.74, 6) is -1.25. The first-order valence-corrected chi connectivity index (χ1v) is 4.81. The van der Waals surface area contributed by atoms with E-state index in [1.807, 2.05) is 6.92 Å². The Hall–Kier alpha value is -1.38. The van der Waals surface area contributed by atoms with Gasteiger partial charge in [0.1, 0.15) is 5.82 Å². The second-order valence-corrected chi connectivity index (χ2v) is 4.46. The van der Waals surface area contributed by atoms with E-state index in [0.717, 1.165) is 5.56 Å². The minimum atomic E-state index is -0.936. The van der Waals surface area contributed by atoms with Gasteiger partial charge in [-0.3, -0.25) is 4.79 Å². The number of rotatable bonds is 3. The van der Waals surface area contributed by atoms with Crippen LogP contribution in [0, 0.1) is 18.2 Å². The number of carbonyl (C=O) groups is 1. The third kappa shape index (κ3) is 2.78. The van der Waals surface area contributed by atoms with Gasteiger partial charge in [0, 0.05) is 0 Å². The molecule has 0 fully saturated rings. The van der Waals surface area contributed by atoms with Crippen LogP contribution < -0.4 is 0 Å². The molecule has 15 heavy (non-hydrogen) atoms.